The fourth-order valence-electron chi connectivity index (χ4n) is 1.68. The second-order valence-corrected chi connectivity index (χ2v) is 3.74. The van der Waals surface area contributed by atoms with E-state index in [1.54, 1.807) is 6.20 Å². The summed E-state index contributed by atoms with van der Waals surface area (Å²) in [5, 5.41) is 3.33. The van der Waals surface area contributed by atoms with Gasteiger partial charge in [0, 0.05) is 18.9 Å². The van der Waals surface area contributed by atoms with E-state index in [1.807, 2.05) is 18.3 Å². The monoisotopic (exact) mass is 192 g/mol. The summed E-state index contributed by atoms with van der Waals surface area (Å²) in [6, 6.07) is 3.98. The molecule has 0 bridgehead atoms. The van der Waals surface area contributed by atoms with Crippen LogP contribution in [0.4, 0.5) is 0 Å². The van der Waals surface area contributed by atoms with Gasteiger partial charge in [0.05, 0.1) is 13.2 Å². The van der Waals surface area contributed by atoms with Gasteiger partial charge in [-0.1, -0.05) is 6.07 Å². The fraction of sp³-hybridized carbons (Fsp3) is 0.545. The zero-order valence-electron chi connectivity index (χ0n) is 8.28. The Kier molecular flexibility index (Phi) is 3.49. The summed E-state index contributed by atoms with van der Waals surface area (Å²) in [5.41, 5.74) is 1.15. The van der Waals surface area contributed by atoms with Crippen molar-refractivity contribution in [2.45, 2.75) is 13.0 Å². The van der Waals surface area contributed by atoms with Gasteiger partial charge in [-0.25, -0.2) is 0 Å². The Hall–Kier alpha value is -0.930. The van der Waals surface area contributed by atoms with Crippen LogP contribution in [0, 0.1) is 5.92 Å². The first kappa shape index (κ1) is 9.62. The van der Waals surface area contributed by atoms with Crippen molar-refractivity contribution in [2.24, 2.45) is 5.92 Å². The highest BCUT2D eigenvalue weighted by molar-refractivity contribution is 5.06. The van der Waals surface area contributed by atoms with Gasteiger partial charge >= 0.3 is 0 Å². The Bertz CT molecular complexity index is 257. The lowest BCUT2D eigenvalue weighted by atomic mass is 10.1. The summed E-state index contributed by atoms with van der Waals surface area (Å²) in [6.45, 7) is 3.79. The third kappa shape index (κ3) is 2.79. The molecule has 3 heteroatoms. The summed E-state index contributed by atoms with van der Waals surface area (Å²) < 4.78 is 5.62. The van der Waals surface area contributed by atoms with E-state index < -0.39 is 0 Å². The lowest BCUT2D eigenvalue weighted by Crippen LogP contribution is -2.13. The minimum atomic E-state index is 0.685. The first-order valence-electron chi connectivity index (χ1n) is 5.12. The highest BCUT2D eigenvalue weighted by atomic mass is 16.5. The number of ether oxygens (including phenoxy) is 1. The third-order valence-electron chi connectivity index (χ3n) is 2.51. The number of rotatable bonds is 4. The Morgan fingerprint density at radius 3 is 3.29 bits per heavy atom. The molecule has 0 aromatic carbocycles. The van der Waals surface area contributed by atoms with Crippen molar-refractivity contribution >= 4 is 0 Å². The highest BCUT2D eigenvalue weighted by Crippen LogP contribution is 2.08. The zero-order valence-corrected chi connectivity index (χ0v) is 8.28. The zero-order chi connectivity index (χ0) is 9.64. The highest BCUT2D eigenvalue weighted by Gasteiger charge is 2.13. The number of hydrogen-bond donors (Lipinski definition) is 1. The van der Waals surface area contributed by atoms with E-state index in [4.69, 9.17) is 4.74 Å². The number of nitrogens with one attached hydrogen (secondary N) is 1. The van der Waals surface area contributed by atoms with Crippen LogP contribution in [-0.2, 0) is 11.3 Å². The van der Waals surface area contributed by atoms with Gasteiger partial charge in [0.15, 0.2) is 0 Å². The Morgan fingerprint density at radius 2 is 2.57 bits per heavy atom. The van der Waals surface area contributed by atoms with Crippen LogP contribution in [-0.4, -0.2) is 24.7 Å². The summed E-state index contributed by atoms with van der Waals surface area (Å²) in [7, 11) is 0. The number of pyridine rings is 1. The number of nitrogens with zero attached hydrogens (tertiary/aromatic N) is 1. The average molecular weight is 192 g/mol. The maximum atomic E-state index is 5.62. The maximum absolute atomic E-state index is 5.62. The van der Waals surface area contributed by atoms with Gasteiger partial charge in [-0.3, -0.25) is 4.98 Å². The lowest BCUT2D eigenvalue weighted by molar-refractivity contribution is 0.0923. The van der Waals surface area contributed by atoms with Crippen LogP contribution in [0.1, 0.15) is 12.0 Å². The number of hydrogen-bond acceptors (Lipinski definition) is 3. The molecule has 1 atom stereocenters. The SMILES string of the molecule is c1cncc(COCC2CCNC2)c1. The standard InChI is InChI=1S/C11H16N2O/c1-2-10(6-12-4-1)8-14-9-11-3-5-13-7-11/h1-2,4,6,11,13H,3,5,7-9H2. The molecule has 1 unspecified atom stereocenters. The molecular weight excluding hydrogens is 176 g/mol. The van der Waals surface area contributed by atoms with E-state index in [9.17, 15) is 0 Å². The third-order valence-corrected chi connectivity index (χ3v) is 2.51. The van der Waals surface area contributed by atoms with E-state index in [0.717, 1.165) is 25.3 Å². The molecule has 2 rings (SSSR count). The molecule has 1 fully saturated rings. The molecule has 2 heterocycles. The second-order valence-electron chi connectivity index (χ2n) is 3.74. The van der Waals surface area contributed by atoms with Crippen LogP contribution in [0.3, 0.4) is 0 Å². The smallest absolute Gasteiger partial charge is 0.0731 e. The maximum Gasteiger partial charge on any atom is 0.0731 e. The topological polar surface area (TPSA) is 34.1 Å². The normalized spacial score (nSPS) is 21.3. The van der Waals surface area contributed by atoms with E-state index in [1.165, 1.54) is 6.42 Å². The molecule has 1 aromatic rings. The molecule has 1 aromatic heterocycles. The summed E-state index contributed by atoms with van der Waals surface area (Å²) in [5.74, 6) is 0.701. The molecule has 0 amide bonds. The van der Waals surface area contributed by atoms with Gasteiger partial charge in [-0.05, 0) is 30.5 Å². The molecule has 0 spiro atoms. The van der Waals surface area contributed by atoms with Crippen LogP contribution in [0.25, 0.3) is 0 Å². The number of aromatic nitrogens is 1. The van der Waals surface area contributed by atoms with Gasteiger partial charge in [0.1, 0.15) is 0 Å². The minimum absolute atomic E-state index is 0.685. The van der Waals surface area contributed by atoms with Crippen molar-refractivity contribution in [1.29, 1.82) is 0 Å². The minimum Gasteiger partial charge on any atom is -0.376 e. The van der Waals surface area contributed by atoms with Gasteiger partial charge in [0.2, 0.25) is 0 Å². The Balaban J connectivity index is 1.67. The van der Waals surface area contributed by atoms with Crippen LogP contribution in [0.2, 0.25) is 0 Å². The molecule has 3 nitrogen and oxygen atoms in total. The molecule has 76 valence electrons. The molecule has 1 saturated heterocycles. The van der Waals surface area contributed by atoms with E-state index in [2.05, 4.69) is 10.3 Å². The van der Waals surface area contributed by atoms with Gasteiger partial charge in [-0.15, -0.1) is 0 Å². The Labute approximate surface area is 84.5 Å². The molecule has 0 aliphatic carbocycles. The lowest BCUT2D eigenvalue weighted by Gasteiger charge is -2.08. The largest absolute Gasteiger partial charge is 0.376 e. The molecule has 1 aliphatic heterocycles. The van der Waals surface area contributed by atoms with Gasteiger partial charge in [0.25, 0.3) is 0 Å². The van der Waals surface area contributed by atoms with Crippen molar-refractivity contribution in [1.82, 2.24) is 10.3 Å². The first-order chi connectivity index (χ1) is 6.95. The first-order valence-corrected chi connectivity index (χ1v) is 5.12. The summed E-state index contributed by atoms with van der Waals surface area (Å²) >= 11 is 0. The molecule has 14 heavy (non-hydrogen) atoms. The van der Waals surface area contributed by atoms with Gasteiger partial charge in [-0.2, -0.15) is 0 Å². The van der Waals surface area contributed by atoms with Crippen molar-refractivity contribution in [3.05, 3.63) is 30.1 Å². The molecule has 1 aliphatic rings. The van der Waals surface area contributed by atoms with Crippen molar-refractivity contribution in [3.8, 4) is 0 Å². The summed E-state index contributed by atoms with van der Waals surface area (Å²) in [4.78, 5) is 4.04. The Morgan fingerprint density at radius 1 is 1.57 bits per heavy atom. The van der Waals surface area contributed by atoms with E-state index in [0.29, 0.717) is 12.5 Å². The van der Waals surface area contributed by atoms with E-state index >= 15 is 0 Å². The van der Waals surface area contributed by atoms with Crippen LogP contribution in [0.5, 0.6) is 0 Å². The summed E-state index contributed by atoms with van der Waals surface area (Å²) in [6.07, 6.45) is 4.88. The van der Waals surface area contributed by atoms with Crippen molar-refractivity contribution in [3.63, 3.8) is 0 Å². The molecular formula is C11H16N2O. The molecule has 1 N–H and O–H groups in total. The van der Waals surface area contributed by atoms with Gasteiger partial charge < -0.3 is 10.1 Å². The quantitative estimate of drug-likeness (QED) is 0.778. The van der Waals surface area contributed by atoms with Crippen molar-refractivity contribution < 1.29 is 4.74 Å². The fourth-order valence-corrected chi connectivity index (χ4v) is 1.68. The van der Waals surface area contributed by atoms with Crippen molar-refractivity contribution in [2.75, 3.05) is 19.7 Å². The second kappa shape index (κ2) is 5.08. The van der Waals surface area contributed by atoms with Crippen LogP contribution < -0.4 is 5.32 Å². The van der Waals surface area contributed by atoms with Crippen LogP contribution >= 0.6 is 0 Å². The van der Waals surface area contributed by atoms with Crippen LogP contribution in [0.15, 0.2) is 24.5 Å². The predicted molar refractivity (Wildman–Crippen MR) is 54.9 cm³/mol. The average Bonchev–Trinajstić information content (AvgIpc) is 2.72. The predicted octanol–water partition coefficient (Wildman–Crippen LogP) is 1.21. The van der Waals surface area contributed by atoms with E-state index in [-0.39, 0.29) is 0 Å². The molecule has 0 radical (unpaired) electrons. The molecule has 0 saturated carbocycles.